The smallest absolute Gasteiger partial charge is 0.225 e. The number of carbonyl (C=O) groups is 2. The van der Waals surface area contributed by atoms with Crippen LogP contribution in [0.4, 0.5) is 0 Å². The molecule has 0 spiro atoms. The SMILES string of the molecule is Cc1ccc(-c2ccc(C[C@@]3(C(N)=O)CCCN(C(=O)C4CCC4)C3)cc2)cc1. The molecule has 1 heterocycles. The summed E-state index contributed by atoms with van der Waals surface area (Å²) in [6.45, 7) is 3.29. The van der Waals surface area contributed by atoms with E-state index in [2.05, 4.69) is 55.5 Å². The Morgan fingerprint density at radius 2 is 1.62 bits per heavy atom. The van der Waals surface area contributed by atoms with Crippen molar-refractivity contribution in [3.63, 3.8) is 0 Å². The van der Waals surface area contributed by atoms with Gasteiger partial charge < -0.3 is 10.6 Å². The molecule has 1 saturated heterocycles. The van der Waals surface area contributed by atoms with Crippen molar-refractivity contribution in [1.29, 1.82) is 0 Å². The van der Waals surface area contributed by atoms with Crippen molar-refractivity contribution >= 4 is 11.8 Å². The van der Waals surface area contributed by atoms with Gasteiger partial charge in [-0.05, 0) is 55.7 Å². The molecule has 2 fully saturated rings. The lowest BCUT2D eigenvalue weighted by molar-refractivity contribution is -0.145. The Balaban J connectivity index is 1.51. The first-order chi connectivity index (χ1) is 14.0. The Bertz CT molecular complexity index is 884. The molecule has 1 atom stereocenters. The number of carbonyl (C=O) groups excluding carboxylic acids is 2. The summed E-state index contributed by atoms with van der Waals surface area (Å²) in [5.41, 5.74) is 9.91. The van der Waals surface area contributed by atoms with Gasteiger partial charge in [-0.1, -0.05) is 60.5 Å². The fourth-order valence-corrected chi connectivity index (χ4v) is 4.62. The van der Waals surface area contributed by atoms with E-state index in [0.29, 0.717) is 13.0 Å². The number of likely N-dealkylation sites (tertiary alicyclic amines) is 1. The van der Waals surface area contributed by atoms with Crippen LogP contribution in [-0.2, 0) is 16.0 Å². The first-order valence-electron chi connectivity index (χ1n) is 10.7. The lowest BCUT2D eigenvalue weighted by atomic mass is 9.73. The van der Waals surface area contributed by atoms with E-state index in [-0.39, 0.29) is 17.7 Å². The number of nitrogens with two attached hydrogens (primary N) is 1. The Morgan fingerprint density at radius 1 is 1.00 bits per heavy atom. The molecule has 2 aromatic rings. The van der Waals surface area contributed by atoms with Gasteiger partial charge in [-0.25, -0.2) is 0 Å². The van der Waals surface area contributed by atoms with Crippen molar-refractivity contribution in [2.75, 3.05) is 13.1 Å². The molecule has 0 bridgehead atoms. The maximum absolute atomic E-state index is 12.7. The standard InChI is InChI=1S/C25H30N2O2/c1-18-6-10-20(11-7-18)21-12-8-19(9-13-21)16-25(24(26)29)14-3-15-27(17-25)23(28)22-4-2-5-22/h6-13,22H,2-5,14-17H2,1H3,(H2,26,29)/t25-/m0/s1. The van der Waals surface area contributed by atoms with Crippen molar-refractivity contribution in [1.82, 2.24) is 4.90 Å². The summed E-state index contributed by atoms with van der Waals surface area (Å²) in [6.07, 6.45) is 5.28. The number of benzene rings is 2. The van der Waals surface area contributed by atoms with Crippen molar-refractivity contribution in [2.45, 2.75) is 45.4 Å². The van der Waals surface area contributed by atoms with Crippen LogP contribution in [-0.4, -0.2) is 29.8 Å². The summed E-state index contributed by atoms with van der Waals surface area (Å²) in [6, 6.07) is 16.9. The van der Waals surface area contributed by atoms with Crippen LogP contribution in [0.15, 0.2) is 48.5 Å². The lowest BCUT2D eigenvalue weighted by Gasteiger charge is -2.43. The molecule has 4 nitrogen and oxygen atoms in total. The second kappa shape index (κ2) is 8.02. The van der Waals surface area contributed by atoms with Crippen molar-refractivity contribution in [2.24, 2.45) is 17.1 Å². The molecule has 2 N–H and O–H groups in total. The fourth-order valence-electron chi connectivity index (χ4n) is 4.62. The molecular formula is C25H30N2O2. The van der Waals surface area contributed by atoms with Gasteiger partial charge in [0.15, 0.2) is 0 Å². The third kappa shape index (κ3) is 4.07. The zero-order chi connectivity index (χ0) is 20.4. The van der Waals surface area contributed by atoms with Crippen LogP contribution in [0, 0.1) is 18.3 Å². The number of primary amides is 1. The molecule has 2 aromatic carbocycles. The van der Waals surface area contributed by atoms with Crippen LogP contribution < -0.4 is 5.73 Å². The zero-order valence-corrected chi connectivity index (χ0v) is 17.2. The third-order valence-electron chi connectivity index (χ3n) is 6.75. The van der Waals surface area contributed by atoms with Crippen LogP contribution in [0.5, 0.6) is 0 Å². The van der Waals surface area contributed by atoms with E-state index in [4.69, 9.17) is 5.73 Å². The van der Waals surface area contributed by atoms with E-state index in [1.54, 1.807) is 0 Å². The number of nitrogens with zero attached hydrogens (tertiary/aromatic N) is 1. The Morgan fingerprint density at radius 3 is 2.17 bits per heavy atom. The van der Waals surface area contributed by atoms with Crippen molar-refractivity contribution < 1.29 is 9.59 Å². The molecule has 1 saturated carbocycles. The van der Waals surface area contributed by atoms with Gasteiger partial charge in [-0.3, -0.25) is 9.59 Å². The Kier molecular flexibility index (Phi) is 5.44. The second-order valence-corrected chi connectivity index (χ2v) is 8.88. The van der Waals surface area contributed by atoms with Crippen LogP contribution >= 0.6 is 0 Å². The normalized spacial score (nSPS) is 22.2. The Hall–Kier alpha value is -2.62. The summed E-state index contributed by atoms with van der Waals surface area (Å²) in [7, 11) is 0. The highest BCUT2D eigenvalue weighted by molar-refractivity contribution is 5.84. The number of aryl methyl sites for hydroxylation is 1. The van der Waals surface area contributed by atoms with E-state index < -0.39 is 5.41 Å². The van der Waals surface area contributed by atoms with Crippen LogP contribution in [0.3, 0.4) is 0 Å². The van der Waals surface area contributed by atoms with Crippen LogP contribution in [0.2, 0.25) is 0 Å². The lowest BCUT2D eigenvalue weighted by Crippen LogP contribution is -2.54. The predicted octanol–water partition coefficient (Wildman–Crippen LogP) is 4.10. The Labute approximate surface area is 173 Å². The highest BCUT2D eigenvalue weighted by Crippen LogP contribution is 2.37. The zero-order valence-electron chi connectivity index (χ0n) is 17.2. The van der Waals surface area contributed by atoms with Crippen molar-refractivity contribution in [3.05, 3.63) is 59.7 Å². The molecule has 0 aromatic heterocycles. The maximum Gasteiger partial charge on any atom is 0.225 e. The number of rotatable bonds is 5. The molecule has 152 valence electrons. The van der Waals surface area contributed by atoms with Crippen LogP contribution in [0.1, 0.15) is 43.2 Å². The van der Waals surface area contributed by atoms with Gasteiger partial charge in [0.05, 0.1) is 5.41 Å². The fraction of sp³-hybridized carbons (Fsp3) is 0.440. The molecule has 29 heavy (non-hydrogen) atoms. The topological polar surface area (TPSA) is 63.4 Å². The summed E-state index contributed by atoms with van der Waals surface area (Å²) in [5, 5.41) is 0. The molecule has 0 radical (unpaired) electrons. The quantitative estimate of drug-likeness (QED) is 0.835. The highest BCUT2D eigenvalue weighted by Gasteiger charge is 2.43. The van der Waals surface area contributed by atoms with E-state index in [9.17, 15) is 9.59 Å². The van der Waals surface area contributed by atoms with Gasteiger partial charge in [0.1, 0.15) is 0 Å². The molecule has 1 aliphatic heterocycles. The maximum atomic E-state index is 12.7. The number of piperidine rings is 1. The van der Waals surface area contributed by atoms with Gasteiger partial charge in [0, 0.05) is 19.0 Å². The van der Waals surface area contributed by atoms with Gasteiger partial charge in [-0.2, -0.15) is 0 Å². The molecule has 2 aliphatic rings. The molecule has 0 unspecified atom stereocenters. The number of hydrogen-bond acceptors (Lipinski definition) is 2. The highest BCUT2D eigenvalue weighted by atomic mass is 16.2. The monoisotopic (exact) mass is 390 g/mol. The largest absolute Gasteiger partial charge is 0.369 e. The number of hydrogen-bond donors (Lipinski definition) is 1. The van der Waals surface area contributed by atoms with E-state index in [1.165, 1.54) is 11.1 Å². The van der Waals surface area contributed by atoms with Gasteiger partial charge in [0.2, 0.25) is 11.8 Å². The third-order valence-corrected chi connectivity index (χ3v) is 6.75. The summed E-state index contributed by atoms with van der Waals surface area (Å²) >= 11 is 0. The second-order valence-electron chi connectivity index (χ2n) is 8.88. The average molecular weight is 391 g/mol. The summed E-state index contributed by atoms with van der Waals surface area (Å²) in [4.78, 5) is 27.2. The van der Waals surface area contributed by atoms with E-state index in [0.717, 1.165) is 49.8 Å². The van der Waals surface area contributed by atoms with Crippen molar-refractivity contribution in [3.8, 4) is 11.1 Å². The minimum absolute atomic E-state index is 0.160. The molecule has 1 aliphatic carbocycles. The van der Waals surface area contributed by atoms with Crippen LogP contribution in [0.25, 0.3) is 11.1 Å². The minimum atomic E-state index is -0.664. The average Bonchev–Trinajstić information content (AvgIpc) is 2.68. The molecular weight excluding hydrogens is 360 g/mol. The first-order valence-corrected chi connectivity index (χ1v) is 10.7. The molecule has 2 amide bonds. The number of amides is 2. The predicted molar refractivity (Wildman–Crippen MR) is 115 cm³/mol. The molecule has 4 heteroatoms. The van der Waals surface area contributed by atoms with E-state index in [1.807, 2.05) is 4.90 Å². The van der Waals surface area contributed by atoms with Gasteiger partial charge in [-0.15, -0.1) is 0 Å². The summed E-state index contributed by atoms with van der Waals surface area (Å²) < 4.78 is 0. The molecule has 4 rings (SSSR count). The van der Waals surface area contributed by atoms with Gasteiger partial charge in [0.25, 0.3) is 0 Å². The summed E-state index contributed by atoms with van der Waals surface area (Å²) in [5.74, 6) is 0.0926. The minimum Gasteiger partial charge on any atom is -0.369 e. The first kappa shape index (κ1) is 19.7. The van der Waals surface area contributed by atoms with E-state index >= 15 is 0 Å². The van der Waals surface area contributed by atoms with Gasteiger partial charge >= 0.3 is 0 Å².